The van der Waals surface area contributed by atoms with Crippen LogP contribution in [0.4, 0.5) is 13.6 Å². The van der Waals surface area contributed by atoms with Crippen LogP contribution in [0.2, 0.25) is 0 Å². The number of nitrogens with one attached hydrogen (secondary N) is 2. The van der Waals surface area contributed by atoms with Crippen molar-refractivity contribution in [2.24, 2.45) is 5.92 Å². The maximum Gasteiger partial charge on any atom is 0.387 e. The zero-order chi connectivity index (χ0) is 16.8. The largest absolute Gasteiger partial charge is 0.434 e. The molecule has 0 spiro atoms. The molecule has 3 N–H and O–H groups in total. The Morgan fingerprint density at radius 3 is 2.87 bits per heavy atom. The number of hydrogen-bond donors (Lipinski definition) is 3. The van der Waals surface area contributed by atoms with Crippen LogP contribution in [0.25, 0.3) is 0 Å². The number of benzene rings is 1. The molecule has 2 amide bonds. The quantitative estimate of drug-likeness (QED) is 0.703. The molecule has 0 heterocycles. The van der Waals surface area contributed by atoms with Gasteiger partial charge in [0.05, 0.1) is 0 Å². The van der Waals surface area contributed by atoms with Crippen LogP contribution in [0.15, 0.2) is 30.4 Å². The summed E-state index contributed by atoms with van der Waals surface area (Å²) in [6, 6.07) is 4.28. The first-order chi connectivity index (χ1) is 11.0. The van der Waals surface area contributed by atoms with Crippen LogP contribution in [-0.4, -0.2) is 30.4 Å². The Hall–Kier alpha value is -2.15. The van der Waals surface area contributed by atoms with E-state index in [9.17, 15) is 13.6 Å². The molecule has 2 rings (SSSR count). The fourth-order valence-electron chi connectivity index (χ4n) is 2.47. The second-order valence-corrected chi connectivity index (χ2v) is 5.49. The summed E-state index contributed by atoms with van der Waals surface area (Å²) < 4.78 is 29.2. The summed E-state index contributed by atoms with van der Waals surface area (Å²) in [4.78, 5) is 11.9. The summed E-state index contributed by atoms with van der Waals surface area (Å²) in [6.07, 6.45) is 4.34. The molecule has 0 fully saturated rings. The first-order valence-electron chi connectivity index (χ1n) is 7.36. The van der Waals surface area contributed by atoms with Gasteiger partial charge in [0.15, 0.2) is 0 Å². The highest BCUT2D eigenvalue weighted by Gasteiger charge is 2.19. The maximum absolute atomic E-state index is 12.4. The van der Waals surface area contributed by atoms with E-state index < -0.39 is 12.6 Å². The number of urea groups is 1. The number of rotatable bonds is 6. The summed E-state index contributed by atoms with van der Waals surface area (Å²) in [7, 11) is 0. The Kier molecular flexibility index (Phi) is 5.92. The van der Waals surface area contributed by atoms with Gasteiger partial charge >= 0.3 is 12.6 Å². The van der Waals surface area contributed by atoms with Crippen LogP contribution in [-0.2, 0) is 6.54 Å². The van der Waals surface area contributed by atoms with Crippen molar-refractivity contribution in [1.29, 1.82) is 0 Å². The molecule has 7 heteroatoms. The molecule has 0 aliphatic heterocycles. The van der Waals surface area contributed by atoms with Crippen LogP contribution in [0.5, 0.6) is 5.75 Å². The highest BCUT2D eigenvalue weighted by Crippen LogP contribution is 2.22. The topological polar surface area (TPSA) is 70.6 Å². The normalized spacial score (nSPS) is 19.9. The van der Waals surface area contributed by atoms with Gasteiger partial charge in [-0.05, 0) is 19.4 Å². The standard InChI is InChI=1S/C16H20F2N2O3/c1-10-2-5-14(23-15(17)18)12(6-10)8-19-16(22)20-13-4-3-11(7-13)9-21/h2-6,11,13,15,21H,7-9H2,1H3,(H2,19,20,22)/t11-,13+/m0/s1. The average molecular weight is 326 g/mol. The Morgan fingerprint density at radius 2 is 2.22 bits per heavy atom. The third-order valence-corrected chi connectivity index (χ3v) is 3.59. The zero-order valence-electron chi connectivity index (χ0n) is 12.8. The van der Waals surface area contributed by atoms with E-state index in [1.54, 1.807) is 12.1 Å². The van der Waals surface area contributed by atoms with Crippen molar-refractivity contribution in [1.82, 2.24) is 10.6 Å². The molecule has 1 aliphatic rings. The van der Waals surface area contributed by atoms with E-state index in [0.717, 1.165) is 5.56 Å². The van der Waals surface area contributed by atoms with Crippen molar-refractivity contribution in [2.45, 2.75) is 32.5 Å². The van der Waals surface area contributed by atoms with Gasteiger partial charge in [0.25, 0.3) is 0 Å². The van der Waals surface area contributed by atoms with Gasteiger partial charge in [0, 0.05) is 30.7 Å². The van der Waals surface area contributed by atoms with E-state index in [1.165, 1.54) is 6.07 Å². The van der Waals surface area contributed by atoms with Gasteiger partial charge in [-0.25, -0.2) is 4.79 Å². The molecule has 0 saturated carbocycles. The van der Waals surface area contributed by atoms with Gasteiger partial charge < -0.3 is 20.5 Å². The second kappa shape index (κ2) is 7.92. The highest BCUT2D eigenvalue weighted by molar-refractivity contribution is 5.74. The van der Waals surface area contributed by atoms with Gasteiger partial charge in [0.1, 0.15) is 5.75 Å². The Bertz CT molecular complexity index is 578. The molecule has 0 saturated heterocycles. The number of amides is 2. The van der Waals surface area contributed by atoms with Crippen LogP contribution < -0.4 is 15.4 Å². The molecule has 2 atom stereocenters. The fraction of sp³-hybridized carbons (Fsp3) is 0.438. The molecule has 0 unspecified atom stereocenters. The number of halogens is 2. The van der Waals surface area contributed by atoms with Crippen molar-refractivity contribution < 1.29 is 23.4 Å². The zero-order valence-corrected chi connectivity index (χ0v) is 12.8. The lowest BCUT2D eigenvalue weighted by molar-refractivity contribution is -0.0504. The molecular formula is C16H20F2N2O3. The molecule has 126 valence electrons. The Balaban J connectivity index is 1.89. The molecule has 1 aromatic rings. The monoisotopic (exact) mass is 326 g/mol. The van der Waals surface area contributed by atoms with Gasteiger partial charge in [0.2, 0.25) is 0 Å². The molecule has 5 nitrogen and oxygen atoms in total. The van der Waals surface area contributed by atoms with E-state index in [2.05, 4.69) is 15.4 Å². The second-order valence-electron chi connectivity index (χ2n) is 5.49. The molecule has 0 aromatic heterocycles. The lowest BCUT2D eigenvalue weighted by Gasteiger charge is -2.15. The van der Waals surface area contributed by atoms with Crippen molar-refractivity contribution in [3.63, 3.8) is 0 Å². The summed E-state index contributed by atoms with van der Waals surface area (Å²) >= 11 is 0. The lowest BCUT2D eigenvalue weighted by Crippen LogP contribution is -2.40. The maximum atomic E-state index is 12.4. The number of ether oxygens (including phenoxy) is 1. The first kappa shape index (κ1) is 17.2. The fourth-order valence-corrected chi connectivity index (χ4v) is 2.47. The SMILES string of the molecule is Cc1ccc(OC(F)F)c(CNC(=O)N[C@@H]2C=C[C@H](CO)C2)c1. The number of carbonyl (C=O) groups is 1. The van der Waals surface area contributed by atoms with Crippen LogP contribution in [0, 0.1) is 12.8 Å². The molecule has 23 heavy (non-hydrogen) atoms. The summed E-state index contributed by atoms with van der Waals surface area (Å²) in [5.74, 6) is 0.107. The van der Waals surface area contributed by atoms with Gasteiger partial charge in [-0.15, -0.1) is 0 Å². The van der Waals surface area contributed by atoms with E-state index >= 15 is 0 Å². The van der Waals surface area contributed by atoms with Crippen molar-refractivity contribution in [2.75, 3.05) is 6.61 Å². The predicted molar refractivity (Wildman–Crippen MR) is 81.3 cm³/mol. The van der Waals surface area contributed by atoms with E-state index in [-0.39, 0.29) is 30.9 Å². The highest BCUT2D eigenvalue weighted by atomic mass is 19.3. The van der Waals surface area contributed by atoms with E-state index in [4.69, 9.17) is 5.11 Å². The third-order valence-electron chi connectivity index (χ3n) is 3.59. The van der Waals surface area contributed by atoms with Crippen LogP contribution in [0.3, 0.4) is 0 Å². The molecule has 1 aliphatic carbocycles. The third kappa shape index (κ3) is 5.21. The van der Waals surface area contributed by atoms with Crippen molar-refractivity contribution >= 4 is 6.03 Å². The van der Waals surface area contributed by atoms with Crippen molar-refractivity contribution in [3.05, 3.63) is 41.5 Å². The van der Waals surface area contributed by atoms with E-state index in [1.807, 2.05) is 19.1 Å². The summed E-state index contributed by atoms with van der Waals surface area (Å²) in [5, 5.41) is 14.4. The number of aliphatic hydroxyl groups is 1. The number of aliphatic hydroxyl groups excluding tert-OH is 1. The molecule has 0 radical (unpaired) electrons. The average Bonchev–Trinajstić information content (AvgIpc) is 2.94. The minimum absolute atomic E-state index is 0.0482. The number of aryl methyl sites for hydroxylation is 1. The van der Waals surface area contributed by atoms with Gasteiger partial charge in [-0.1, -0.05) is 29.8 Å². The molecular weight excluding hydrogens is 306 g/mol. The summed E-state index contributed by atoms with van der Waals surface area (Å²) in [6.45, 7) is -0.957. The number of hydrogen-bond acceptors (Lipinski definition) is 3. The van der Waals surface area contributed by atoms with Gasteiger partial charge in [-0.3, -0.25) is 0 Å². The minimum atomic E-state index is -2.91. The smallest absolute Gasteiger partial charge is 0.387 e. The lowest BCUT2D eigenvalue weighted by atomic mass is 10.1. The van der Waals surface area contributed by atoms with Crippen LogP contribution in [0.1, 0.15) is 17.5 Å². The molecule has 1 aromatic carbocycles. The van der Waals surface area contributed by atoms with Crippen molar-refractivity contribution in [3.8, 4) is 5.75 Å². The first-order valence-corrected chi connectivity index (χ1v) is 7.36. The minimum Gasteiger partial charge on any atom is -0.434 e. The van der Waals surface area contributed by atoms with E-state index in [0.29, 0.717) is 12.0 Å². The Labute approximate surface area is 133 Å². The Morgan fingerprint density at radius 1 is 1.43 bits per heavy atom. The van der Waals surface area contributed by atoms with Crippen LogP contribution >= 0.6 is 0 Å². The number of carbonyl (C=O) groups excluding carboxylic acids is 1. The molecule has 0 bridgehead atoms. The summed E-state index contributed by atoms with van der Waals surface area (Å²) in [5.41, 5.74) is 1.36. The predicted octanol–water partition coefficient (Wildman–Crippen LogP) is 2.33. The number of alkyl halides is 2. The van der Waals surface area contributed by atoms with Gasteiger partial charge in [-0.2, -0.15) is 8.78 Å².